The molecule has 4 heteroatoms. The summed E-state index contributed by atoms with van der Waals surface area (Å²) in [6.07, 6.45) is 4.38. The number of aliphatic hydroxyl groups is 1. The van der Waals surface area contributed by atoms with E-state index in [1.807, 2.05) is 0 Å². The third kappa shape index (κ3) is 6.26. The molecule has 0 bridgehead atoms. The summed E-state index contributed by atoms with van der Waals surface area (Å²) in [6, 6.07) is 0. The molecule has 0 spiro atoms. The van der Waals surface area contributed by atoms with Gasteiger partial charge in [0.15, 0.2) is 0 Å². The molecule has 106 valence electrons. The van der Waals surface area contributed by atoms with Gasteiger partial charge in [-0.1, -0.05) is 27.7 Å². The van der Waals surface area contributed by atoms with Gasteiger partial charge >= 0.3 is 0 Å². The predicted octanol–water partition coefficient (Wildman–Crippen LogP) is 2.46. The highest BCUT2D eigenvalue weighted by Crippen LogP contribution is 2.38. The van der Waals surface area contributed by atoms with Crippen molar-refractivity contribution in [2.75, 3.05) is 19.4 Å². The van der Waals surface area contributed by atoms with E-state index in [4.69, 9.17) is 4.74 Å². The Morgan fingerprint density at radius 1 is 1.44 bits per heavy atom. The highest BCUT2D eigenvalue weighted by molar-refractivity contribution is 7.40. The van der Waals surface area contributed by atoms with Crippen molar-refractivity contribution >= 4 is 14.9 Å². The van der Waals surface area contributed by atoms with Gasteiger partial charge in [-0.2, -0.15) is 0 Å². The smallest absolute Gasteiger partial charge is 0.123 e. The van der Waals surface area contributed by atoms with Crippen LogP contribution in [-0.4, -0.2) is 42.0 Å². The van der Waals surface area contributed by atoms with Crippen LogP contribution in [0.25, 0.3) is 0 Å². The molecule has 1 aliphatic rings. The zero-order valence-electron chi connectivity index (χ0n) is 12.0. The first-order valence-corrected chi connectivity index (χ1v) is 7.91. The molecule has 3 unspecified atom stereocenters. The molecular formula is C14H27O3P. The van der Waals surface area contributed by atoms with E-state index in [1.54, 1.807) is 0 Å². The highest BCUT2D eigenvalue weighted by atomic mass is 31.1. The van der Waals surface area contributed by atoms with Gasteiger partial charge in [-0.15, -0.1) is 8.58 Å². The molecule has 0 amide bonds. The Balaban J connectivity index is 2.38. The van der Waals surface area contributed by atoms with E-state index in [9.17, 15) is 9.90 Å². The number of rotatable bonds is 9. The molecule has 1 heterocycles. The fraction of sp³-hybridized carbons (Fsp3) is 0.929. The molecule has 0 aliphatic carbocycles. The second-order valence-electron chi connectivity index (χ2n) is 6.85. The summed E-state index contributed by atoms with van der Waals surface area (Å²) < 4.78 is 5.27. The monoisotopic (exact) mass is 274 g/mol. The number of carbonyl (C=O) groups is 1. The lowest BCUT2D eigenvalue weighted by Gasteiger charge is -2.29. The first-order valence-electron chi connectivity index (χ1n) is 6.71. The van der Waals surface area contributed by atoms with E-state index in [0.29, 0.717) is 14.7 Å². The highest BCUT2D eigenvalue weighted by Gasteiger charge is 2.33. The molecule has 0 aromatic heterocycles. The Hall–Kier alpha value is 0.0200. The number of carbonyl (C=O) groups excluding carboxylic acids is 1. The number of aldehydes is 1. The number of aliphatic hydroxyl groups excluding tert-OH is 1. The van der Waals surface area contributed by atoms with Crippen LogP contribution < -0.4 is 0 Å². The van der Waals surface area contributed by atoms with Gasteiger partial charge in [0, 0.05) is 11.1 Å². The summed E-state index contributed by atoms with van der Waals surface area (Å²) in [7, 11) is 0.631. The van der Waals surface area contributed by atoms with Crippen LogP contribution in [0.4, 0.5) is 0 Å². The normalized spacial score (nSPS) is 22.4. The van der Waals surface area contributed by atoms with E-state index in [-0.39, 0.29) is 23.1 Å². The SMILES string of the molecule is CC(C)(CC(C=O)CPC(C)(C)CO)CC1CO1. The van der Waals surface area contributed by atoms with Gasteiger partial charge in [-0.3, -0.25) is 0 Å². The summed E-state index contributed by atoms with van der Waals surface area (Å²) >= 11 is 0. The number of epoxide rings is 1. The third-order valence-electron chi connectivity index (χ3n) is 3.43. The summed E-state index contributed by atoms with van der Waals surface area (Å²) in [4.78, 5) is 11.2. The average molecular weight is 274 g/mol. The van der Waals surface area contributed by atoms with Crippen LogP contribution in [0.5, 0.6) is 0 Å². The lowest BCUT2D eigenvalue weighted by molar-refractivity contribution is -0.111. The van der Waals surface area contributed by atoms with E-state index in [2.05, 4.69) is 27.7 Å². The summed E-state index contributed by atoms with van der Waals surface area (Å²) in [5, 5.41) is 9.19. The van der Waals surface area contributed by atoms with Crippen LogP contribution in [0.15, 0.2) is 0 Å². The van der Waals surface area contributed by atoms with Gasteiger partial charge < -0.3 is 14.6 Å². The largest absolute Gasteiger partial charge is 0.395 e. The van der Waals surface area contributed by atoms with E-state index in [0.717, 1.165) is 31.9 Å². The Bertz CT molecular complexity index is 272. The molecule has 0 aromatic carbocycles. The van der Waals surface area contributed by atoms with Crippen LogP contribution in [0.1, 0.15) is 40.5 Å². The minimum atomic E-state index is -0.0506. The number of hydrogen-bond acceptors (Lipinski definition) is 3. The van der Waals surface area contributed by atoms with Crippen LogP contribution >= 0.6 is 8.58 Å². The van der Waals surface area contributed by atoms with Crippen LogP contribution in [0.2, 0.25) is 0 Å². The zero-order valence-corrected chi connectivity index (χ0v) is 13.0. The fourth-order valence-corrected chi connectivity index (χ4v) is 3.39. The first kappa shape index (κ1) is 16.1. The van der Waals surface area contributed by atoms with Gasteiger partial charge in [0.1, 0.15) is 6.29 Å². The molecular weight excluding hydrogens is 247 g/mol. The molecule has 3 nitrogen and oxygen atoms in total. The van der Waals surface area contributed by atoms with Crippen molar-refractivity contribution in [2.24, 2.45) is 11.3 Å². The Labute approximate surface area is 112 Å². The summed E-state index contributed by atoms with van der Waals surface area (Å²) in [5.41, 5.74) is 0.167. The molecule has 0 saturated carbocycles. The van der Waals surface area contributed by atoms with Crippen LogP contribution in [0, 0.1) is 11.3 Å². The number of ether oxygens (including phenoxy) is 1. The molecule has 1 fully saturated rings. The maximum absolute atomic E-state index is 11.2. The lowest BCUT2D eigenvalue weighted by atomic mass is 9.80. The molecule has 0 aromatic rings. The molecule has 1 aliphatic heterocycles. The maximum atomic E-state index is 11.2. The predicted molar refractivity (Wildman–Crippen MR) is 76.7 cm³/mol. The second kappa shape index (κ2) is 6.45. The Morgan fingerprint density at radius 3 is 2.50 bits per heavy atom. The van der Waals surface area contributed by atoms with Gasteiger partial charge in [0.05, 0.1) is 19.3 Å². The Kier molecular flexibility index (Phi) is 5.76. The van der Waals surface area contributed by atoms with Gasteiger partial charge in [0.25, 0.3) is 0 Å². The third-order valence-corrected chi connectivity index (χ3v) is 5.27. The molecule has 3 atom stereocenters. The molecule has 18 heavy (non-hydrogen) atoms. The molecule has 0 radical (unpaired) electrons. The maximum Gasteiger partial charge on any atom is 0.123 e. The van der Waals surface area contributed by atoms with Gasteiger partial charge in [0.2, 0.25) is 0 Å². The summed E-state index contributed by atoms with van der Waals surface area (Å²) in [6.45, 7) is 9.61. The van der Waals surface area contributed by atoms with Crippen LogP contribution in [-0.2, 0) is 9.53 Å². The van der Waals surface area contributed by atoms with Crippen LogP contribution in [0.3, 0.4) is 0 Å². The second-order valence-corrected chi connectivity index (χ2v) is 8.96. The molecule has 1 saturated heterocycles. The topological polar surface area (TPSA) is 49.8 Å². The standard InChI is InChI=1S/C14H27O3P/c1-13(2,6-12-8-17-12)5-11(7-15)9-18-14(3,4)10-16/h7,11-12,16,18H,5-6,8-10H2,1-4H3. The van der Waals surface area contributed by atoms with Crippen molar-refractivity contribution in [1.82, 2.24) is 0 Å². The van der Waals surface area contributed by atoms with Crippen molar-refractivity contribution in [3.05, 3.63) is 0 Å². The quantitative estimate of drug-likeness (QED) is 0.399. The van der Waals surface area contributed by atoms with Crippen molar-refractivity contribution in [1.29, 1.82) is 0 Å². The summed E-state index contributed by atoms with van der Waals surface area (Å²) in [5.74, 6) is 0.114. The minimum Gasteiger partial charge on any atom is -0.395 e. The van der Waals surface area contributed by atoms with Crippen molar-refractivity contribution in [3.63, 3.8) is 0 Å². The van der Waals surface area contributed by atoms with E-state index >= 15 is 0 Å². The minimum absolute atomic E-state index is 0.0506. The fourth-order valence-electron chi connectivity index (χ4n) is 2.23. The van der Waals surface area contributed by atoms with Crippen molar-refractivity contribution in [2.45, 2.75) is 51.8 Å². The zero-order chi connectivity index (χ0) is 13.8. The van der Waals surface area contributed by atoms with E-state index in [1.165, 1.54) is 0 Å². The first-order chi connectivity index (χ1) is 8.28. The van der Waals surface area contributed by atoms with E-state index < -0.39 is 0 Å². The molecule has 1 N–H and O–H groups in total. The van der Waals surface area contributed by atoms with Gasteiger partial charge in [-0.05, 0) is 24.4 Å². The average Bonchev–Trinajstić information content (AvgIpc) is 3.07. The Morgan fingerprint density at radius 2 is 2.06 bits per heavy atom. The van der Waals surface area contributed by atoms with Gasteiger partial charge in [-0.25, -0.2) is 0 Å². The van der Waals surface area contributed by atoms with Crippen molar-refractivity contribution in [3.8, 4) is 0 Å². The lowest BCUT2D eigenvalue weighted by Crippen LogP contribution is -2.24. The molecule has 1 rings (SSSR count). The van der Waals surface area contributed by atoms with Crippen molar-refractivity contribution < 1.29 is 14.6 Å². The number of hydrogen-bond donors (Lipinski definition) is 1.